The van der Waals surface area contributed by atoms with Crippen LogP contribution < -0.4 is 10.6 Å². The molecule has 0 fully saturated rings. The molecule has 0 saturated heterocycles. The Morgan fingerprint density at radius 1 is 1.10 bits per heavy atom. The second-order valence-corrected chi connectivity index (χ2v) is 7.70. The van der Waals surface area contributed by atoms with Crippen molar-refractivity contribution in [1.82, 2.24) is 9.38 Å². The minimum absolute atomic E-state index is 0.0583. The van der Waals surface area contributed by atoms with Gasteiger partial charge in [-0.05, 0) is 57.4 Å². The maximum absolute atomic E-state index is 12.4. The number of carbonyl (C=O) groups is 2. The highest BCUT2D eigenvalue weighted by molar-refractivity contribution is 5.93. The Labute approximate surface area is 182 Å². The van der Waals surface area contributed by atoms with Crippen LogP contribution in [0.5, 0.6) is 0 Å². The molecule has 7 heteroatoms. The molecule has 1 aromatic carbocycles. The summed E-state index contributed by atoms with van der Waals surface area (Å²) in [6, 6.07) is 8.14. The second kappa shape index (κ2) is 9.64. The normalized spacial score (nSPS) is 10.9. The summed E-state index contributed by atoms with van der Waals surface area (Å²) in [5.41, 5.74) is 7.92. The van der Waals surface area contributed by atoms with Crippen LogP contribution in [0.25, 0.3) is 5.65 Å². The van der Waals surface area contributed by atoms with Gasteiger partial charge in [0.2, 0.25) is 5.91 Å². The molecule has 0 spiro atoms. The minimum atomic E-state index is -0.370. The lowest BCUT2D eigenvalue weighted by Gasteiger charge is -2.15. The van der Waals surface area contributed by atoms with Crippen molar-refractivity contribution < 1.29 is 14.3 Å². The number of hydrogen-bond acceptors (Lipinski definition) is 5. The first-order chi connectivity index (χ1) is 14.8. The van der Waals surface area contributed by atoms with E-state index in [1.807, 2.05) is 30.5 Å². The van der Waals surface area contributed by atoms with Crippen molar-refractivity contribution in [2.24, 2.45) is 0 Å². The first-order valence-electron chi connectivity index (χ1n) is 10.5. The predicted molar refractivity (Wildman–Crippen MR) is 122 cm³/mol. The van der Waals surface area contributed by atoms with Crippen LogP contribution in [0, 0.1) is 27.7 Å². The number of amides is 1. The molecule has 0 bridgehead atoms. The van der Waals surface area contributed by atoms with Crippen molar-refractivity contribution in [1.29, 1.82) is 0 Å². The number of esters is 1. The molecule has 3 aromatic rings. The van der Waals surface area contributed by atoms with Gasteiger partial charge in [0.25, 0.3) is 0 Å². The number of anilines is 2. The lowest BCUT2D eigenvalue weighted by atomic mass is 10.0. The zero-order chi connectivity index (χ0) is 22.5. The third-order valence-corrected chi connectivity index (χ3v) is 5.44. The molecule has 2 N–H and O–H groups in total. The average molecular weight is 423 g/mol. The standard InChI is InChI=1S/C24H30N4O3/c1-6-31-23(30)11-10-22(29)27-19-12-21(24-26-17(4)18(5)28(24)14-19)25-13-20-15(2)8-7-9-16(20)3/h7-9,12,14,25H,6,10-11,13H2,1-5H3,(H,27,29). The van der Waals surface area contributed by atoms with Crippen molar-refractivity contribution >= 4 is 28.9 Å². The van der Waals surface area contributed by atoms with E-state index in [0.717, 1.165) is 22.7 Å². The van der Waals surface area contributed by atoms with Crippen LogP contribution in [-0.2, 0) is 20.9 Å². The number of ether oxygens (including phenoxy) is 1. The Balaban J connectivity index is 1.84. The molecule has 3 rings (SSSR count). The van der Waals surface area contributed by atoms with Crippen LogP contribution in [0.15, 0.2) is 30.5 Å². The number of aryl methyl sites for hydroxylation is 4. The number of carbonyl (C=O) groups excluding carboxylic acids is 2. The van der Waals surface area contributed by atoms with Gasteiger partial charge in [-0.2, -0.15) is 0 Å². The fraction of sp³-hybridized carbons (Fsp3) is 0.375. The number of nitrogens with one attached hydrogen (secondary N) is 2. The summed E-state index contributed by atoms with van der Waals surface area (Å²) in [5.74, 6) is -0.604. The van der Waals surface area contributed by atoms with Crippen LogP contribution in [0.3, 0.4) is 0 Å². The van der Waals surface area contributed by atoms with Crippen molar-refractivity contribution in [2.75, 3.05) is 17.2 Å². The summed E-state index contributed by atoms with van der Waals surface area (Å²) in [5, 5.41) is 6.39. The Morgan fingerprint density at radius 3 is 2.48 bits per heavy atom. The third kappa shape index (κ3) is 5.23. The highest BCUT2D eigenvalue weighted by atomic mass is 16.5. The van der Waals surface area contributed by atoms with Crippen LogP contribution in [0.1, 0.15) is 47.8 Å². The number of pyridine rings is 1. The lowest BCUT2D eigenvalue weighted by molar-refractivity contribution is -0.144. The van der Waals surface area contributed by atoms with E-state index < -0.39 is 0 Å². The van der Waals surface area contributed by atoms with Crippen LogP contribution >= 0.6 is 0 Å². The van der Waals surface area contributed by atoms with E-state index >= 15 is 0 Å². The van der Waals surface area contributed by atoms with Crippen LogP contribution in [-0.4, -0.2) is 27.9 Å². The number of benzene rings is 1. The van der Waals surface area contributed by atoms with Crippen molar-refractivity contribution in [3.63, 3.8) is 0 Å². The number of nitrogens with zero attached hydrogens (tertiary/aromatic N) is 2. The highest BCUT2D eigenvalue weighted by Gasteiger charge is 2.14. The van der Waals surface area contributed by atoms with Gasteiger partial charge in [0.1, 0.15) is 0 Å². The summed E-state index contributed by atoms with van der Waals surface area (Å²) in [4.78, 5) is 28.6. The fourth-order valence-electron chi connectivity index (χ4n) is 3.55. The topological polar surface area (TPSA) is 84.7 Å². The number of fused-ring (bicyclic) bond motifs is 1. The van der Waals surface area contributed by atoms with Crippen molar-refractivity contribution in [3.8, 4) is 0 Å². The summed E-state index contributed by atoms with van der Waals surface area (Å²) < 4.78 is 6.87. The molecule has 0 aliphatic heterocycles. The van der Waals surface area contributed by atoms with Gasteiger partial charge in [0.15, 0.2) is 5.65 Å². The van der Waals surface area contributed by atoms with E-state index in [9.17, 15) is 9.59 Å². The van der Waals surface area contributed by atoms with E-state index in [2.05, 4.69) is 42.7 Å². The summed E-state index contributed by atoms with van der Waals surface area (Å²) in [7, 11) is 0. The molecule has 0 aliphatic carbocycles. The first kappa shape index (κ1) is 22.3. The van der Waals surface area contributed by atoms with Crippen LogP contribution in [0.2, 0.25) is 0 Å². The molecule has 0 unspecified atom stereocenters. The quantitative estimate of drug-likeness (QED) is 0.524. The molecule has 0 radical (unpaired) electrons. The highest BCUT2D eigenvalue weighted by Crippen LogP contribution is 2.26. The molecular formula is C24H30N4O3. The Kier molecular flexibility index (Phi) is 6.95. The van der Waals surface area contributed by atoms with Gasteiger partial charge in [0.05, 0.1) is 30.1 Å². The molecular weight excluding hydrogens is 392 g/mol. The maximum atomic E-state index is 12.4. The molecule has 7 nitrogen and oxygen atoms in total. The van der Waals surface area contributed by atoms with Crippen LogP contribution in [0.4, 0.5) is 11.4 Å². The largest absolute Gasteiger partial charge is 0.466 e. The third-order valence-electron chi connectivity index (χ3n) is 5.44. The lowest BCUT2D eigenvalue weighted by Crippen LogP contribution is -2.15. The number of imidazole rings is 1. The van der Waals surface area contributed by atoms with Gasteiger partial charge in [0, 0.05) is 24.9 Å². The molecule has 1 amide bonds. The monoisotopic (exact) mass is 422 g/mol. The number of rotatable bonds is 8. The van der Waals surface area contributed by atoms with E-state index in [0.29, 0.717) is 18.8 Å². The minimum Gasteiger partial charge on any atom is -0.466 e. The van der Waals surface area contributed by atoms with E-state index in [1.54, 1.807) is 6.92 Å². The Morgan fingerprint density at radius 2 is 1.81 bits per heavy atom. The van der Waals surface area contributed by atoms with Gasteiger partial charge in [-0.25, -0.2) is 4.98 Å². The van der Waals surface area contributed by atoms with Gasteiger partial charge in [-0.3, -0.25) is 9.59 Å². The van der Waals surface area contributed by atoms with Gasteiger partial charge < -0.3 is 19.8 Å². The molecule has 2 aromatic heterocycles. The van der Waals surface area contributed by atoms with E-state index in [4.69, 9.17) is 9.72 Å². The summed E-state index contributed by atoms with van der Waals surface area (Å²) >= 11 is 0. The second-order valence-electron chi connectivity index (χ2n) is 7.70. The van der Waals surface area contributed by atoms with Gasteiger partial charge >= 0.3 is 5.97 Å². The van der Waals surface area contributed by atoms with Crippen molar-refractivity contribution in [3.05, 3.63) is 58.5 Å². The fourth-order valence-corrected chi connectivity index (χ4v) is 3.55. The molecule has 0 atom stereocenters. The Hall–Kier alpha value is -3.35. The molecule has 0 saturated carbocycles. The molecule has 0 aliphatic rings. The average Bonchev–Trinajstić information content (AvgIpc) is 3.00. The number of aromatic nitrogens is 2. The predicted octanol–water partition coefficient (Wildman–Crippen LogP) is 4.46. The molecule has 2 heterocycles. The Bertz CT molecular complexity index is 1100. The SMILES string of the molecule is CCOC(=O)CCC(=O)Nc1cc(NCc2c(C)cccc2C)c2nc(C)c(C)n2c1. The first-order valence-corrected chi connectivity index (χ1v) is 10.5. The zero-order valence-corrected chi connectivity index (χ0v) is 18.8. The van der Waals surface area contributed by atoms with E-state index in [1.165, 1.54) is 16.7 Å². The molecule has 164 valence electrons. The molecule has 31 heavy (non-hydrogen) atoms. The summed E-state index contributed by atoms with van der Waals surface area (Å²) in [6.45, 7) is 10.9. The van der Waals surface area contributed by atoms with Gasteiger partial charge in [-0.15, -0.1) is 0 Å². The maximum Gasteiger partial charge on any atom is 0.306 e. The summed E-state index contributed by atoms with van der Waals surface area (Å²) in [6.07, 6.45) is 1.99. The van der Waals surface area contributed by atoms with E-state index in [-0.39, 0.29) is 24.7 Å². The van der Waals surface area contributed by atoms with Crippen molar-refractivity contribution in [2.45, 2.75) is 54.0 Å². The van der Waals surface area contributed by atoms with Gasteiger partial charge in [-0.1, -0.05) is 18.2 Å². The zero-order valence-electron chi connectivity index (χ0n) is 18.8. The smallest absolute Gasteiger partial charge is 0.306 e. The number of hydrogen-bond donors (Lipinski definition) is 2.